The second-order valence-corrected chi connectivity index (χ2v) is 5.59. The average molecular weight is 308 g/mol. The van der Waals surface area contributed by atoms with E-state index in [2.05, 4.69) is 15.0 Å². The summed E-state index contributed by atoms with van der Waals surface area (Å²) >= 11 is 0. The van der Waals surface area contributed by atoms with E-state index in [-0.39, 0.29) is 11.9 Å². The fraction of sp³-hybridized carbons (Fsp3) is 0.250. The SMILES string of the molecule is NC(=O)[C@@H]1CCCN1c1nc(-c2ccccc2)nc2nc[nH]c12. The topological polar surface area (TPSA) is 101 Å². The molecule has 4 rings (SSSR count). The van der Waals surface area contributed by atoms with Crippen LogP contribution in [-0.2, 0) is 4.79 Å². The van der Waals surface area contributed by atoms with Crippen molar-refractivity contribution in [2.75, 3.05) is 11.4 Å². The predicted octanol–water partition coefficient (Wildman–Crippen LogP) is 1.47. The summed E-state index contributed by atoms with van der Waals surface area (Å²) in [6.07, 6.45) is 3.25. The highest BCUT2D eigenvalue weighted by Crippen LogP contribution is 2.30. The van der Waals surface area contributed by atoms with Crippen molar-refractivity contribution >= 4 is 22.9 Å². The third-order valence-corrected chi connectivity index (χ3v) is 4.15. The normalized spacial score (nSPS) is 17.7. The monoisotopic (exact) mass is 308 g/mol. The highest BCUT2D eigenvalue weighted by atomic mass is 16.1. The van der Waals surface area contributed by atoms with Gasteiger partial charge >= 0.3 is 0 Å². The Morgan fingerprint density at radius 3 is 2.87 bits per heavy atom. The Morgan fingerprint density at radius 2 is 2.09 bits per heavy atom. The van der Waals surface area contributed by atoms with Crippen LogP contribution < -0.4 is 10.6 Å². The second kappa shape index (κ2) is 5.35. The molecule has 7 heteroatoms. The number of nitrogens with two attached hydrogens (primary N) is 1. The van der Waals surface area contributed by atoms with Gasteiger partial charge in [0.05, 0.1) is 6.33 Å². The standard InChI is InChI=1S/C16H16N6O/c17-13(23)11-7-4-8-22(11)16-12-15(19-9-18-12)20-14(21-16)10-5-2-1-3-6-10/h1-3,5-6,9,11H,4,7-8H2,(H2,17,23)(H,18,19,20,21)/t11-/m0/s1. The van der Waals surface area contributed by atoms with E-state index >= 15 is 0 Å². The first-order valence-electron chi connectivity index (χ1n) is 7.56. The number of nitrogens with zero attached hydrogens (tertiary/aromatic N) is 4. The maximum absolute atomic E-state index is 11.7. The van der Waals surface area contributed by atoms with E-state index in [1.165, 1.54) is 0 Å². The number of carbonyl (C=O) groups excluding carboxylic acids is 1. The molecule has 23 heavy (non-hydrogen) atoms. The number of fused-ring (bicyclic) bond motifs is 1. The molecule has 3 heterocycles. The molecule has 7 nitrogen and oxygen atoms in total. The molecule has 0 radical (unpaired) electrons. The molecule has 1 fully saturated rings. The highest BCUT2D eigenvalue weighted by Gasteiger charge is 2.32. The largest absolute Gasteiger partial charge is 0.368 e. The minimum Gasteiger partial charge on any atom is -0.368 e. The molecule has 0 spiro atoms. The first-order valence-corrected chi connectivity index (χ1v) is 7.56. The van der Waals surface area contributed by atoms with Gasteiger partial charge in [-0.15, -0.1) is 0 Å². The molecule has 1 amide bonds. The summed E-state index contributed by atoms with van der Waals surface area (Å²) in [6.45, 7) is 0.743. The number of imidazole rings is 1. The van der Waals surface area contributed by atoms with Crippen LogP contribution in [0.5, 0.6) is 0 Å². The Hall–Kier alpha value is -2.96. The van der Waals surface area contributed by atoms with Crippen LogP contribution in [-0.4, -0.2) is 38.4 Å². The number of aromatic amines is 1. The van der Waals surface area contributed by atoms with Crippen LogP contribution in [0.15, 0.2) is 36.7 Å². The van der Waals surface area contributed by atoms with Gasteiger partial charge in [0, 0.05) is 12.1 Å². The lowest BCUT2D eigenvalue weighted by atomic mass is 10.2. The van der Waals surface area contributed by atoms with Gasteiger partial charge in [-0.3, -0.25) is 4.79 Å². The van der Waals surface area contributed by atoms with E-state index in [1.54, 1.807) is 6.33 Å². The van der Waals surface area contributed by atoms with Crippen molar-refractivity contribution in [3.63, 3.8) is 0 Å². The molecular formula is C16H16N6O. The maximum atomic E-state index is 11.7. The molecule has 1 aliphatic heterocycles. The van der Waals surface area contributed by atoms with Crippen molar-refractivity contribution < 1.29 is 4.79 Å². The van der Waals surface area contributed by atoms with Gasteiger partial charge in [0.1, 0.15) is 11.6 Å². The number of H-pyrrole nitrogens is 1. The molecule has 1 aliphatic rings. The number of carbonyl (C=O) groups is 1. The van der Waals surface area contributed by atoms with Crippen molar-refractivity contribution in [2.45, 2.75) is 18.9 Å². The zero-order valence-corrected chi connectivity index (χ0v) is 12.4. The molecule has 0 aliphatic carbocycles. The number of anilines is 1. The van der Waals surface area contributed by atoms with Crippen molar-refractivity contribution in [3.05, 3.63) is 36.7 Å². The molecule has 1 aromatic carbocycles. The summed E-state index contributed by atoms with van der Waals surface area (Å²) in [5.74, 6) is 0.956. The first-order chi connectivity index (χ1) is 11.2. The number of hydrogen-bond donors (Lipinski definition) is 2. The third kappa shape index (κ3) is 2.30. The zero-order chi connectivity index (χ0) is 15.8. The minimum atomic E-state index is -0.333. The molecule has 3 N–H and O–H groups in total. The predicted molar refractivity (Wildman–Crippen MR) is 86.7 cm³/mol. The summed E-state index contributed by atoms with van der Waals surface area (Å²) in [6, 6.07) is 9.39. The fourth-order valence-electron chi connectivity index (χ4n) is 3.06. The first kappa shape index (κ1) is 13.7. The van der Waals surface area contributed by atoms with Crippen molar-refractivity contribution in [1.29, 1.82) is 0 Å². The number of rotatable bonds is 3. The number of primary amides is 1. The summed E-state index contributed by atoms with van der Waals surface area (Å²) < 4.78 is 0. The van der Waals surface area contributed by atoms with E-state index in [0.29, 0.717) is 17.3 Å². The molecule has 3 aromatic rings. The summed E-state index contributed by atoms with van der Waals surface area (Å²) in [5, 5.41) is 0. The Balaban J connectivity index is 1.88. The summed E-state index contributed by atoms with van der Waals surface area (Å²) in [5.41, 5.74) is 7.78. The second-order valence-electron chi connectivity index (χ2n) is 5.59. The molecule has 0 unspecified atom stereocenters. The molecule has 1 atom stereocenters. The molecule has 0 saturated carbocycles. The lowest BCUT2D eigenvalue weighted by molar-refractivity contribution is -0.119. The highest BCUT2D eigenvalue weighted by molar-refractivity contribution is 5.90. The van der Waals surface area contributed by atoms with Gasteiger partial charge in [-0.05, 0) is 12.8 Å². The van der Waals surface area contributed by atoms with Crippen molar-refractivity contribution in [2.24, 2.45) is 5.73 Å². The molecule has 2 aromatic heterocycles. The van der Waals surface area contributed by atoms with Gasteiger partial charge in [-0.1, -0.05) is 30.3 Å². The van der Waals surface area contributed by atoms with Gasteiger partial charge in [0.2, 0.25) is 5.91 Å². The minimum absolute atomic E-state index is 0.324. The fourth-order valence-corrected chi connectivity index (χ4v) is 3.06. The van der Waals surface area contributed by atoms with Crippen LogP contribution in [0.25, 0.3) is 22.6 Å². The van der Waals surface area contributed by atoms with Crippen LogP contribution in [0.1, 0.15) is 12.8 Å². The van der Waals surface area contributed by atoms with Crippen LogP contribution in [0.2, 0.25) is 0 Å². The smallest absolute Gasteiger partial charge is 0.240 e. The number of nitrogens with one attached hydrogen (secondary N) is 1. The van der Waals surface area contributed by atoms with Crippen LogP contribution in [0.3, 0.4) is 0 Å². The number of aromatic nitrogens is 4. The molecule has 1 saturated heterocycles. The van der Waals surface area contributed by atoms with E-state index < -0.39 is 0 Å². The van der Waals surface area contributed by atoms with Crippen molar-refractivity contribution in [1.82, 2.24) is 19.9 Å². The van der Waals surface area contributed by atoms with Gasteiger partial charge in [-0.2, -0.15) is 0 Å². The van der Waals surface area contributed by atoms with E-state index in [0.717, 1.165) is 30.5 Å². The van der Waals surface area contributed by atoms with E-state index in [4.69, 9.17) is 10.7 Å². The Bertz CT molecular complexity index is 859. The molecular weight excluding hydrogens is 292 g/mol. The number of hydrogen-bond acceptors (Lipinski definition) is 5. The Labute approximate surface area is 132 Å². The number of benzene rings is 1. The molecule has 116 valence electrons. The van der Waals surface area contributed by atoms with Gasteiger partial charge < -0.3 is 15.6 Å². The van der Waals surface area contributed by atoms with Crippen LogP contribution in [0.4, 0.5) is 5.82 Å². The third-order valence-electron chi connectivity index (χ3n) is 4.15. The lowest BCUT2D eigenvalue weighted by Crippen LogP contribution is -2.41. The number of amides is 1. The van der Waals surface area contributed by atoms with Gasteiger partial charge in [-0.25, -0.2) is 15.0 Å². The summed E-state index contributed by atoms with van der Waals surface area (Å²) in [4.78, 5) is 30.2. The lowest BCUT2D eigenvalue weighted by Gasteiger charge is -2.23. The maximum Gasteiger partial charge on any atom is 0.240 e. The van der Waals surface area contributed by atoms with E-state index in [9.17, 15) is 4.79 Å². The molecule has 0 bridgehead atoms. The van der Waals surface area contributed by atoms with Gasteiger partial charge in [0.25, 0.3) is 0 Å². The Morgan fingerprint density at radius 1 is 1.26 bits per heavy atom. The van der Waals surface area contributed by atoms with Crippen LogP contribution in [0, 0.1) is 0 Å². The average Bonchev–Trinajstić information content (AvgIpc) is 3.23. The zero-order valence-electron chi connectivity index (χ0n) is 12.4. The van der Waals surface area contributed by atoms with Crippen LogP contribution >= 0.6 is 0 Å². The van der Waals surface area contributed by atoms with Gasteiger partial charge in [0.15, 0.2) is 17.3 Å². The van der Waals surface area contributed by atoms with E-state index in [1.807, 2.05) is 35.2 Å². The Kier molecular flexibility index (Phi) is 3.18. The summed E-state index contributed by atoms with van der Waals surface area (Å²) in [7, 11) is 0. The quantitative estimate of drug-likeness (QED) is 0.763. The van der Waals surface area contributed by atoms with Crippen molar-refractivity contribution in [3.8, 4) is 11.4 Å².